The van der Waals surface area contributed by atoms with E-state index < -0.39 is 34.7 Å². The van der Waals surface area contributed by atoms with Crippen molar-refractivity contribution >= 4 is 11.7 Å². The summed E-state index contributed by atoms with van der Waals surface area (Å²) in [5, 5.41) is -3.77. The highest BCUT2D eigenvalue weighted by molar-refractivity contribution is 5.95. The normalized spacial score (nSPS) is 12.1. The van der Waals surface area contributed by atoms with E-state index in [0.717, 1.165) is 5.10 Å². The zero-order valence-electron chi connectivity index (χ0n) is 7.15. The third-order valence-corrected chi connectivity index (χ3v) is 1.03. The van der Waals surface area contributed by atoms with Gasteiger partial charge in [0.2, 0.25) is 5.71 Å². The van der Waals surface area contributed by atoms with Gasteiger partial charge in [-0.2, -0.15) is 26.3 Å². The van der Waals surface area contributed by atoms with Gasteiger partial charge in [-0.05, 0) is 5.23 Å². The van der Waals surface area contributed by atoms with Crippen LogP contribution >= 0.6 is 0 Å². The predicted octanol–water partition coefficient (Wildman–Crippen LogP) is 2.84. The van der Waals surface area contributed by atoms with Gasteiger partial charge >= 0.3 is 18.4 Å². The first-order chi connectivity index (χ1) is 7.37. The fourth-order valence-electron chi connectivity index (χ4n) is 0.467. The molecule has 0 spiro atoms. The highest BCUT2D eigenvalue weighted by atomic mass is 19.4. The Labute approximate surface area is 85.7 Å². The maximum absolute atomic E-state index is 12.1. The Morgan fingerprint density at radius 3 is 1.47 bits per heavy atom. The van der Waals surface area contributed by atoms with Gasteiger partial charge in [-0.25, -0.2) is 4.79 Å². The highest BCUT2D eigenvalue weighted by Gasteiger charge is 2.54. The van der Waals surface area contributed by atoms with Crippen LogP contribution in [0.4, 0.5) is 44.6 Å². The van der Waals surface area contributed by atoms with Gasteiger partial charge in [0.25, 0.3) is 0 Å². The number of hydrazone groups is 1. The number of alkyl halides is 6. The summed E-state index contributed by atoms with van der Waals surface area (Å²) in [6.07, 6.45) is -12.3. The van der Waals surface area contributed by atoms with Crippen LogP contribution in [0.1, 0.15) is 0 Å². The number of carbonyl (C=O) groups excluding carboxylic acids is 1. The third-order valence-electron chi connectivity index (χ3n) is 1.03. The predicted molar refractivity (Wildman–Crippen MR) is 31.9 cm³/mol. The molecule has 0 aliphatic rings. The second-order valence-corrected chi connectivity index (χ2v) is 2.22. The van der Waals surface area contributed by atoms with E-state index in [9.17, 15) is 44.6 Å². The number of hydrogen-bond donors (Lipinski definition) is 0. The lowest BCUT2D eigenvalue weighted by Crippen LogP contribution is -2.39. The molecule has 0 heterocycles. The Kier molecular flexibility index (Phi) is 4.20. The molecule has 0 aromatic carbocycles. The number of urea groups is 1. The minimum atomic E-state index is -6.17. The van der Waals surface area contributed by atoms with Crippen LogP contribution in [0.15, 0.2) is 5.10 Å². The van der Waals surface area contributed by atoms with Crippen molar-refractivity contribution in [1.29, 1.82) is 0 Å². The van der Waals surface area contributed by atoms with Crippen molar-refractivity contribution in [3.8, 4) is 0 Å². The van der Waals surface area contributed by atoms with Crippen molar-refractivity contribution < 1.29 is 44.6 Å². The maximum Gasteiger partial charge on any atom is 0.440 e. The van der Waals surface area contributed by atoms with Crippen molar-refractivity contribution in [3.63, 3.8) is 0 Å². The Balaban J connectivity index is 5.29. The first-order valence-electron chi connectivity index (χ1n) is 3.22. The monoisotopic (exact) mass is 277 g/mol. The van der Waals surface area contributed by atoms with E-state index in [2.05, 4.69) is 0 Å². The number of amides is 2. The zero-order chi connectivity index (χ0) is 14.0. The minimum Gasteiger partial charge on any atom is -0.238 e. The number of hydrogen-bond acceptors (Lipinski definition) is 2. The molecule has 0 rings (SSSR count). The second kappa shape index (κ2) is 4.67. The maximum atomic E-state index is 12.1. The molecule has 0 aromatic heterocycles. The van der Waals surface area contributed by atoms with Crippen molar-refractivity contribution in [2.75, 3.05) is 0 Å². The van der Waals surface area contributed by atoms with Gasteiger partial charge in [0.1, 0.15) is 0 Å². The van der Waals surface area contributed by atoms with Gasteiger partial charge in [-0.1, -0.05) is 13.4 Å². The molecule has 0 fully saturated rings. The molecule has 13 heteroatoms. The number of carbonyl (C=O) groups is 1. The third kappa shape index (κ3) is 4.36. The number of nitrogens with zero attached hydrogens (tertiary/aromatic N) is 3. The first kappa shape index (κ1) is 15.3. The van der Waals surface area contributed by atoms with E-state index in [1.54, 1.807) is 0 Å². The summed E-state index contributed by atoms with van der Waals surface area (Å²) in [6, 6.07) is -3.11. The lowest BCUT2D eigenvalue weighted by molar-refractivity contribution is -0.137. The Bertz CT molecular complexity index is 301. The summed E-state index contributed by atoms with van der Waals surface area (Å²) in [7, 11) is 0. The van der Waals surface area contributed by atoms with Crippen LogP contribution in [-0.2, 0) is 0 Å². The lowest BCUT2D eigenvalue weighted by Gasteiger charge is -2.14. The van der Waals surface area contributed by atoms with E-state index in [0.29, 0.717) is 0 Å². The fraction of sp³-hybridized carbons (Fsp3) is 0.500. The molecule has 4 nitrogen and oxygen atoms in total. The molecule has 0 radical (unpaired) electrons. The van der Waals surface area contributed by atoms with E-state index in [1.165, 1.54) is 0 Å². The van der Waals surface area contributed by atoms with Crippen molar-refractivity contribution in [1.82, 2.24) is 10.6 Å². The van der Waals surface area contributed by atoms with Gasteiger partial charge in [0.05, 0.1) is 0 Å². The van der Waals surface area contributed by atoms with Crippen molar-refractivity contribution in [2.24, 2.45) is 5.10 Å². The standard InChI is InChI=1S/C4F9N3O/c5-3(6,7)1(4(8,9)10)14-16(13)2(17)15(11)12. The molecule has 2 amide bonds. The quantitative estimate of drug-likeness (QED) is 0.314. The zero-order valence-corrected chi connectivity index (χ0v) is 7.15. The molecular weight excluding hydrogens is 277 g/mol. The fourth-order valence-corrected chi connectivity index (χ4v) is 0.467. The molecule has 0 unspecified atom stereocenters. The largest absolute Gasteiger partial charge is 0.440 e. The van der Waals surface area contributed by atoms with Gasteiger partial charge in [-0.3, -0.25) is 0 Å². The molecule has 100 valence electrons. The average molecular weight is 277 g/mol. The smallest absolute Gasteiger partial charge is 0.238 e. The molecular formula is C4F9N3O. The Morgan fingerprint density at radius 1 is 0.882 bits per heavy atom. The topological polar surface area (TPSA) is 35.9 Å². The van der Waals surface area contributed by atoms with Gasteiger partial charge in [-0.15, -0.1) is 5.10 Å². The van der Waals surface area contributed by atoms with Crippen molar-refractivity contribution in [2.45, 2.75) is 12.4 Å². The molecule has 0 saturated carbocycles. The highest BCUT2D eigenvalue weighted by Crippen LogP contribution is 2.30. The molecule has 0 bridgehead atoms. The molecule has 0 saturated heterocycles. The van der Waals surface area contributed by atoms with Crippen LogP contribution < -0.4 is 0 Å². The van der Waals surface area contributed by atoms with Crippen LogP contribution in [-0.4, -0.2) is 34.7 Å². The molecule has 0 atom stereocenters. The SMILES string of the molecule is O=C(N(F)F)N(F)N=C(C(F)(F)F)C(F)(F)F. The van der Waals surface area contributed by atoms with Crippen LogP contribution in [0, 0.1) is 0 Å². The molecule has 0 N–H and O–H groups in total. The van der Waals surface area contributed by atoms with Crippen LogP contribution in [0.2, 0.25) is 0 Å². The molecule has 0 aliphatic carbocycles. The van der Waals surface area contributed by atoms with Crippen molar-refractivity contribution in [3.05, 3.63) is 0 Å². The van der Waals surface area contributed by atoms with Gasteiger partial charge < -0.3 is 0 Å². The van der Waals surface area contributed by atoms with E-state index in [-0.39, 0.29) is 0 Å². The number of rotatable bonds is 1. The molecule has 0 aliphatic heterocycles. The van der Waals surface area contributed by atoms with Crippen LogP contribution in [0.3, 0.4) is 0 Å². The summed E-state index contributed by atoms with van der Waals surface area (Å²) in [5.41, 5.74) is -3.69. The van der Waals surface area contributed by atoms with Gasteiger partial charge in [0, 0.05) is 5.34 Å². The summed E-state index contributed by atoms with van der Waals surface area (Å²) < 4.78 is 105. The lowest BCUT2D eigenvalue weighted by atomic mass is 10.3. The minimum absolute atomic E-state index is 1.10. The Morgan fingerprint density at radius 2 is 1.24 bits per heavy atom. The average Bonchev–Trinajstić information content (AvgIpc) is 2.08. The van der Waals surface area contributed by atoms with E-state index in [1.807, 2.05) is 0 Å². The van der Waals surface area contributed by atoms with E-state index >= 15 is 0 Å². The van der Waals surface area contributed by atoms with Crippen LogP contribution in [0.5, 0.6) is 0 Å². The second-order valence-electron chi connectivity index (χ2n) is 2.22. The molecule has 0 aromatic rings. The van der Waals surface area contributed by atoms with Gasteiger partial charge in [0.15, 0.2) is 0 Å². The first-order valence-corrected chi connectivity index (χ1v) is 3.22. The summed E-state index contributed by atoms with van der Waals surface area (Å²) in [5.74, 6) is 0. The van der Waals surface area contributed by atoms with E-state index in [4.69, 9.17) is 0 Å². The number of halogens is 9. The Hall–Kier alpha value is -1.69. The summed E-state index contributed by atoms with van der Waals surface area (Å²) >= 11 is 0. The summed E-state index contributed by atoms with van der Waals surface area (Å²) in [4.78, 5) is 9.92. The van der Waals surface area contributed by atoms with Crippen LogP contribution in [0.25, 0.3) is 0 Å². The molecule has 17 heavy (non-hydrogen) atoms. The summed E-state index contributed by atoms with van der Waals surface area (Å²) in [6.45, 7) is 0.